The number of hydrogen-bond donors (Lipinski definition) is 7. The highest BCUT2D eigenvalue weighted by Gasteiger charge is 2.47. The lowest BCUT2D eigenvalue weighted by atomic mass is 9.98. The quantitative estimate of drug-likeness (QED) is 0.0283. The minimum Gasteiger partial charge on any atom is -0.462 e. The van der Waals surface area contributed by atoms with E-state index < -0.39 is 92.7 Å². The van der Waals surface area contributed by atoms with Crippen LogP contribution < -0.4 is 0 Å². The van der Waals surface area contributed by atoms with Crippen molar-refractivity contribution in [3.63, 3.8) is 0 Å². The molecule has 2 saturated heterocycles. The molecule has 7 N–H and O–H groups in total. The maximum atomic E-state index is 12.8. The van der Waals surface area contributed by atoms with Gasteiger partial charge in [-0.3, -0.25) is 9.59 Å². The molecule has 2 heterocycles. The lowest BCUT2D eigenvalue weighted by Crippen LogP contribution is -2.61. The maximum Gasteiger partial charge on any atom is 0.306 e. The van der Waals surface area contributed by atoms with E-state index in [1.54, 1.807) is 0 Å². The molecule has 0 amide bonds. The second-order valence-corrected chi connectivity index (χ2v) is 15.5. The van der Waals surface area contributed by atoms with Gasteiger partial charge in [0.05, 0.1) is 19.8 Å². The number of esters is 2. The van der Waals surface area contributed by atoms with Crippen LogP contribution >= 0.6 is 0 Å². The SMILES string of the molecule is CC/C=C\C/C=C\C/C=C\C/C=C\CCCCCCCCCCC(=O)OC(COC(=O)CCCCC)COC1OC(COC2OC(CO)C(O)C(O)C2O)C(O)C(O)C1O. The molecule has 0 spiro atoms. The normalized spacial score (nSPS) is 28.0. The number of aliphatic hydroxyl groups excluding tert-OH is 7. The molecule has 15 heteroatoms. The predicted octanol–water partition coefficient (Wildman–Crippen LogP) is 4.37. The fourth-order valence-electron chi connectivity index (χ4n) is 6.62. The number of unbranched alkanes of at least 4 members (excludes halogenated alkanes) is 10. The summed E-state index contributed by atoms with van der Waals surface area (Å²) in [5, 5.41) is 71.5. The molecule has 11 unspecified atom stereocenters. The van der Waals surface area contributed by atoms with E-state index >= 15 is 0 Å². The van der Waals surface area contributed by atoms with Gasteiger partial charge in [0.25, 0.3) is 0 Å². The van der Waals surface area contributed by atoms with Gasteiger partial charge in [-0.1, -0.05) is 114 Å². The third-order valence-corrected chi connectivity index (χ3v) is 10.3. The first-order chi connectivity index (χ1) is 29.0. The summed E-state index contributed by atoms with van der Waals surface area (Å²) in [6.07, 6.45) is 16.9. The minimum absolute atomic E-state index is 0.153. The van der Waals surface area contributed by atoms with E-state index in [9.17, 15) is 45.3 Å². The average molecular weight is 857 g/mol. The van der Waals surface area contributed by atoms with Gasteiger partial charge in [-0.2, -0.15) is 0 Å². The monoisotopic (exact) mass is 857 g/mol. The molecule has 0 radical (unpaired) electrons. The number of ether oxygens (including phenoxy) is 6. The van der Waals surface area contributed by atoms with Crippen LogP contribution in [0.3, 0.4) is 0 Å². The molecule has 2 aliphatic rings. The number of rotatable bonds is 32. The van der Waals surface area contributed by atoms with Crippen molar-refractivity contribution >= 4 is 11.9 Å². The largest absolute Gasteiger partial charge is 0.462 e. The summed E-state index contributed by atoms with van der Waals surface area (Å²) in [4.78, 5) is 25.2. The van der Waals surface area contributed by atoms with Gasteiger partial charge in [-0.05, 0) is 51.4 Å². The van der Waals surface area contributed by atoms with E-state index in [1.807, 2.05) is 6.92 Å². The first-order valence-corrected chi connectivity index (χ1v) is 22.2. The number of allylic oxidation sites excluding steroid dienone is 8. The average Bonchev–Trinajstić information content (AvgIpc) is 3.24. The summed E-state index contributed by atoms with van der Waals surface area (Å²) in [6, 6.07) is 0. The maximum absolute atomic E-state index is 12.8. The molecule has 0 aromatic carbocycles. The van der Waals surface area contributed by atoms with Gasteiger partial charge in [0.15, 0.2) is 18.7 Å². The van der Waals surface area contributed by atoms with E-state index in [-0.39, 0.29) is 26.1 Å². The van der Waals surface area contributed by atoms with Crippen LogP contribution in [-0.2, 0) is 38.0 Å². The molecule has 2 rings (SSSR count). The van der Waals surface area contributed by atoms with Gasteiger partial charge in [0.2, 0.25) is 0 Å². The second-order valence-electron chi connectivity index (χ2n) is 15.5. The highest BCUT2D eigenvalue weighted by molar-refractivity contribution is 5.70. The fourth-order valence-corrected chi connectivity index (χ4v) is 6.62. The molecule has 0 aromatic heterocycles. The third-order valence-electron chi connectivity index (χ3n) is 10.3. The molecule has 346 valence electrons. The molecule has 2 fully saturated rings. The number of hydrogen-bond acceptors (Lipinski definition) is 15. The highest BCUT2D eigenvalue weighted by Crippen LogP contribution is 2.26. The standard InChI is InChI=1S/C45H76O15/c1-3-5-7-8-9-10-11-12-13-14-15-16-17-18-19-20-21-22-23-24-26-28-37(48)58-33(30-55-36(47)27-25-6-4-2)31-56-44-43(54)41(52)39(50)35(60-44)32-57-45-42(53)40(51)38(49)34(29-46)59-45/h5,7,9-10,12-13,15-16,33-35,38-46,49-54H,3-4,6,8,11,14,17-32H2,1-2H3/b7-5-,10-9-,13-12-,16-15-. The van der Waals surface area contributed by atoms with Gasteiger partial charge >= 0.3 is 11.9 Å². The summed E-state index contributed by atoms with van der Waals surface area (Å²) in [5.41, 5.74) is 0. The molecule has 15 nitrogen and oxygen atoms in total. The topological polar surface area (TPSA) is 231 Å². The summed E-state index contributed by atoms with van der Waals surface area (Å²) < 4.78 is 33.1. The minimum atomic E-state index is -1.76. The molecule has 0 bridgehead atoms. The van der Waals surface area contributed by atoms with Crippen molar-refractivity contribution in [2.24, 2.45) is 0 Å². The van der Waals surface area contributed by atoms with Crippen molar-refractivity contribution in [1.82, 2.24) is 0 Å². The Morgan fingerprint density at radius 1 is 0.550 bits per heavy atom. The van der Waals surface area contributed by atoms with E-state index in [0.717, 1.165) is 70.6 Å². The van der Waals surface area contributed by atoms with Crippen LogP contribution in [0.1, 0.15) is 129 Å². The molecule has 11 atom stereocenters. The van der Waals surface area contributed by atoms with Crippen molar-refractivity contribution in [2.45, 2.75) is 197 Å². The molecule has 0 aliphatic carbocycles. The number of aliphatic hydroxyl groups is 7. The van der Waals surface area contributed by atoms with Gasteiger partial charge in [-0.15, -0.1) is 0 Å². The molecule has 60 heavy (non-hydrogen) atoms. The van der Waals surface area contributed by atoms with Crippen molar-refractivity contribution in [1.29, 1.82) is 0 Å². The zero-order valence-electron chi connectivity index (χ0n) is 35.9. The zero-order chi connectivity index (χ0) is 44.0. The van der Waals surface area contributed by atoms with Crippen LogP contribution in [0.5, 0.6) is 0 Å². The lowest BCUT2D eigenvalue weighted by molar-refractivity contribution is -0.332. The zero-order valence-corrected chi connectivity index (χ0v) is 35.9. The molecule has 0 saturated carbocycles. The Bertz CT molecular complexity index is 1240. The number of carbonyl (C=O) groups excluding carboxylic acids is 2. The van der Waals surface area contributed by atoms with E-state index in [2.05, 4.69) is 55.5 Å². The molecular weight excluding hydrogens is 780 g/mol. The summed E-state index contributed by atoms with van der Waals surface area (Å²) in [6.45, 7) is 2.24. The predicted molar refractivity (Wildman–Crippen MR) is 224 cm³/mol. The van der Waals surface area contributed by atoms with Gasteiger partial charge in [0.1, 0.15) is 55.4 Å². The van der Waals surface area contributed by atoms with Crippen LogP contribution in [0.4, 0.5) is 0 Å². The third kappa shape index (κ3) is 22.0. The van der Waals surface area contributed by atoms with Gasteiger partial charge in [-0.25, -0.2) is 0 Å². The summed E-state index contributed by atoms with van der Waals surface area (Å²) in [5.74, 6) is -0.968. The van der Waals surface area contributed by atoms with Gasteiger partial charge < -0.3 is 64.2 Å². The Labute approximate surface area is 357 Å². The first kappa shape index (κ1) is 53.6. The van der Waals surface area contributed by atoms with Gasteiger partial charge in [0, 0.05) is 12.8 Å². The first-order valence-electron chi connectivity index (χ1n) is 22.2. The Hall–Kier alpha value is -2.54. The lowest BCUT2D eigenvalue weighted by Gasteiger charge is -2.42. The highest BCUT2D eigenvalue weighted by atomic mass is 16.7. The Kier molecular flexibility index (Phi) is 29.5. The van der Waals surface area contributed by atoms with Crippen LogP contribution in [-0.4, -0.2) is 142 Å². The summed E-state index contributed by atoms with van der Waals surface area (Å²) >= 11 is 0. The van der Waals surface area contributed by atoms with Crippen molar-refractivity contribution in [3.8, 4) is 0 Å². The Morgan fingerprint density at radius 3 is 1.65 bits per heavy atom. The van der Waals surface area contributed by atoms with E-state index in [0.29, 0.717) is 12.8 Å². The van der Waals surface area contributed by atoms with E-state index in [4.69, 9.17) is 28.4 Å². The Balaban J connectivity index is 1.73. The molecule has 2 aliphatic heterocycles. The van der Waals surface area contributed by atoms with E-state index in [1.165, 1.54) is 19.3 Å². The number of carbonyl (C=O) groups is 2. The molecule has 0 aromatic rings. The van der Waals surface area contributed by atoms with Crippen molar-refractivity contribution in [3.05, 3.63) is 48.6 Å². The van der Waals surface area contributed by atoms with Crippen LogP contribution in [0.15, 0.2) is 48.6 Å². The van der Waals surface area contributed by atoms with Crippen LogP contribution in [0.2, 0.25) is 0 Å². The van der Waals surface area contributed by atoms with Crippen LogP contribution in [0.25, 0.3) is 0 Å². The fraction of sp³-hybridized carbons (Fsp3) is 0.778. The summed E-state index contributed by atoms with van der Waals surface area (Å²) in [7, 11) is 0. The Morgan fingerprint density at radius 2 is 1.05 bits per heavy atom. The molecular formula is C45H76O15. The second kappa shape index (κ2) is 33.1. The van der Waals surface area contributed by atoms with Crippen LogP contribution in [0, 0.1) is 0 Å². The van der Waals surface area contributed by atoms with Crippen molar-refractivity contribution < 1.29 is 73.8 Å². The smallest absolute Gasteiger partial charge is 0.306 e. The van der Waals surface area contributed by atoms with Crippen molar-refractivity contribution in [2.75, 3.05) is 26.4 Å².